The van der Waals surface area contributed by atoms with Crippen LogP contribution >= 0.6 is 0 Å². The molecule has 1 fully saturated rings. The lowest BCUT2D eigenvalue weighted by atomic mass is 10.1. The van der Waals surface area contributed by atoms with Crippen LogP contribution in [0.5, 0.6) is 0 Å². The van der Waals surface area contributed by atoms with Gasteiger partial charge >= 0.3 is 0 Å². The zero-order chi connectivity index (χ0) is 16.9. The predicted octanol–water partition coefficient (Wildman–Crippen LogP) is 1.89. The van der Waals surface area contributed by atoms with Gasteiger partial charge in [-0.2, -0.15) is 0 Å². The van der Waals surface area contributed by atoms with Gasteiger partial charge in [0.15, 0.2) is 0 Å². The van der Waals surface area contributed by atoms with E-state index in [0.717, 1.165) is 5.56 Å². The molecule has 0 radical (unpaired) electrons. The number of rotatable bonds is 5. The van der Waals surface area contributed by atoms with Gasteiger partial charge in [-0.15, -0.1) is 0 Å². The highest BCUT2D eigenvalue weighted by Crippen LogP contribution is 2.21. The van der Waals surface area contributed by atoms with Gasteiger partial charge in [-0.25, -0.2) is 4.39 Å². The number of hydrogen-bond acceptors (Lipinski definition) is 3. The Balaban J connectivity index is 1.56. The summed E-state index contributed by atoms with van der Waals surface area (Å²) in [5.74, 6) is -1.03. The van der Waals surface area contributed by atoms with Crippen LogP contribution in [-0.4, -0.2) is 28.2 Å². The van der Waals surface area contributed by atoms with E-state index in [4.69, 9.17) is 0 Å². The first-order valence-corrected chi connectivity index (χ1v) is 7.81. The Morgan fingerprint density at radius 1 is 1.29 bits per heavy atom. The smallest absolute Gasteiger partial charge is 0.225 e. The van der Waals surface area contributed by atoms with E-state index >= 15 is 0 Å². The SMILES string of the molecule is O=C(NCc1cccnc1)[C@@H]1CC(=O)N(Cc2ccccc2F)C1. The fourth-order valence-electron chi connectivity index (χ4n) is 2.77. The van der Waals surface area contributed by atoms with Crippen molar-refractivity contribution in [2.24, 2.45) is 5.92 Å². The molecule has 6 heteroatoms. The van der Waals surface area contributed by atoms with Crippen molar-refractivity contribution in [1.82, 2.24) is 15.2 Å². The van der Waals surface area contributed by atoms with E-state index in [1.807, 2.05) is 6.07 Å². The summed E-state index contributed by atoms with van der Waals surface area (Å²) < 4.78 is 13.7. The van der Waals surface area contributed by atoms with Gasteiger partial charge in [-0.05, 0) is 17.7 Å². The number of benzene rings is 1. The average Bonchev–Trinajstić information content (AvgIpc) is 2.96. The molecule has 1 aliphatic heterocycles. The molecular formula is C18H18FN3O2. The summed E-state index contributed by atoms with van der Waals surface area (Å²) in [7, 11) is 0. The molecule has 1 atom stereocenters. The number of hydrogen-bond donors (Lipinski definition) is 1. The Labute approximate surface area is 139 Å². The second kappa shape index (κ2) is 7.21. The van der Waals surface area contributed by atoms with Gasteiger partial charge in [-0.1, -0.05) is 24.3 Å². The van der Waals surface area contributed by atoms with Gasteiger partial charge < -0.3 is 10.2 Å². The molecule has 2 aromatic rings. The predicted molar refractivity (Wildman–Crippen MR) is 86.0 cm³/mol. The van der Waals surface area contributed by atoms with Crippen LogP contribution in [0.15, 0.2) is 48.8 Å². The lowest BCUT2D eigenvalue weighted by Gasteiger charge is -2.17. The van der Waals surface area contributed by atoms with Gasteiger partial charge in [0.05, 0.1) is 5.92 Å². The Morgan fingerprint density at radius 2 is 2.12 bits per heavy atom. The molecule has 124 valence electrons. The minimum absolute atomic E-state index is 0.125. The second-order valence-corrected chi connectivity index (χ2v) is 5.85. The number of amides is 2. The van der Waals surface area contributed by atoms with Crippen molar-refractivity contribution in [2.75, 3.05) is 6.54 Å². The lowest BCUT2D eigenvalue weighted by molar-refractivity contribution is -0.129. The van der Waals surface area contributed by atoms with Crippen molar-refractivity contribution >= 4 is 11.8 Å². The normalized spacial score (nSPS) is 17.1. The first-order valence-electron chi connectivity index (χ1n) is 7.81. The molecule has 24 heavy (non-hydrogen) atoms. The highest BCUT2D eigenvalue weighted by atomic mass is 19.1. The largest absolute Gasteiger partial charge is 0.352 e. The molecule has 1 N–H and O–H groups in total. The Hall–Kier alpha value is -2.76. The van der Waals surface area contributed by atoms with Crippen molar-refractivity contribution in [3.05, 3.63) is 65.7 Å². The number of nitrogens with zero attached hydrogens (tertiary/aromatic N) is 2. The molecule has 1 aliphatic rings. The summed E-state index contributed by atoms with van der Waals surface area (Å²) in [5, 5.41) is 2.83. The van der Waals surface area contributed by atoms with Gasteiger partial charge in [-0.3, -0.25) is 14.6 Å². The number of likely N-dealkylation sites (tertiary alicyclic amines) is 1. The van der Waals surface area contributed by atoms with Crippen LogP contribution in [0, 0.1) is 11.7 Å². The second-order valence-electron chi connectivity index (χ2n) is 5.85. The van der Waals surface area contributed by atoms with Crippen LogP contribution in [0.1, 0.15) is 17.5 Å². The molecule has 1 aromatic carbocycles. The van der Waals surface area contributed by atoms with Crippen LogP contribution in [0.3, 0.4) is 0 Å². The van der Waals surface area contributed by atoms with Crippen LogP contribution in [0.2, 0.25) is 0 Å². The summed E-state index contributed by atoms with van der Waals surface area (Å²) in [6.07, 6.45) is 3.51. The van der Waals surface area contributed by atoms with Gasteiger partial charge in [0.1, 0.15) is 5.82 Å². The van der Waals surface area contributed by atoms with Crippen LogP contribution in [-0.2, 0) is 22.7 Å². The van der Waals surface area contributed by atoms with Gasteiger partial charge in [0.25, 0.3) is 0 Å². The number of pyridine rings is 1. The fraction of sp³-hybridized carbons (Fsp3) is 0.278. The van der Waals surface area contributed by atoms with E-state index in [0.29, 0.717) is 18.7 Å². The maximum absolute atomic E-state index is 13.7. The first kappa shape index (κ1) is 16.1. The Bertz CT molecular complexity index is 736. The molecule has 0 spiro atoms. The third-order valence-corrected chi connectivity index (χ3v) is 4.09. The Kier molecular flexibility index (Phi) is 4.84. The quantitative estimate of drug-likeness (QED) is 0.912. The molecule has 0 unspecified atom stereocenters. The van der Waals surface area contributed by atoms with Crippen molar-refractivity contribution in [3.63, 3.8) is 0 Å². The summed E-state index contributed by atoms with van der Waals surface area (Å²) in [6.45, 7) is 0.884. The zero-order valence-electron chi connectivity index (χ0n) is 13.1. The highest BCUT2D eigenvalue weighted by Gasteiger charge is 2.34. The molecule has 0 bridgehead atoms. The maximum Gasteiger partial charge on any atom is 0.225 e. The van der Waals surface area contributed by atoms with Crippen LogP contribution in [0.25, 0.3) is 0 Å². The van der Waals surface area contributed by atoms with E-state index in [2.05, 4.69) is 10.3 Å². The molecule has 2 heterocycles. The average molecular weight is 327 g/mol. The van der Waals surface area contributed by atoms with Gasteiger partial charge in [0.2, 0.25) is 11.8 Å². The molecule has 2 amide bonds. The van der Waals surface area contributed by atoms with Crippen molar-refractivity contribution < 1.29 is 14.0 Å². The molecular weight excluding hydrogens is 309 g/mol. The monoisotopic (exact) mass is 327 g/mol. The topological polar surface area (TPSA) is 62.3 Å². The molecule has 0 aliphatic carbocycles. The van der Waals surface area contributed by atoms with E-state index in [9.17, 15) is 14.0 Å². The summed E-state index contributed by atoms with van der Waals surface area (Å²) in [4.78, 5) is 29.9. The third kappa shape index (κ3) is 3.76. The molecule has 0 saturated carbocycles. The minimum Gasteiger partial charge on any atom is -0.352 e. The molecule has 1 aromatic heterocycles. The summed E-state index contributed by atoms with van der Waals surface area (Å²) in [6, 6.07) is 10.0. The number of carbonyl (C=O) groups is 2. The summed E-state index contributed by atoms with van der Waals surface area (Å²) >= 11 is 0. The van der Waals surface area contributed by atoms with E-state index in [-0.39, 0.29) is 30.6 Å². The first-order chi connectivity index (χ1) is 11.6. The van der Waals surface area contributed by atoms with Crippen molar-refractivity contribution in [1.29, 1.82) is 0 Å². The fourth-order valence-corrected chi connectivity index (χ4v) is 2.77. The Morgan fingerprint density at radius 3 is 2.88 bits per heavy atom. The zero-order valence-corrected chi connectivity index (χ0v) is 13.1. The van der Waals surface area contributed by atoms with E-state index in [1.54, 1.807) is 36.7 Å². The third-order valence-electron chi connectivity index (χ3n) is 4.09. The lowest BCUT2D eigenvalue weighted by Crippen LogP contribution is -2.32. The van der Waals surface area contributed by atoms with Crippen molar-refractivity contribution in [3.8, 4) is 0 Å². The number of halogens is 1. The number of carbonyl (C=O) groups excluding carboxylic acids is 2. The highest BCUT2D eigenvalue weighted by molar-refractivity contribution is 5.89. The minimum atomic E-state index is -0.402. The molecule has 5 nitrogen and oxygen atoms in total. The maximum atomic E-state index is 13.7. The standard InChI is InChI=1S/C18H18FN3O2/c19-16-6-2-1-5-14(16)11-22-12-15(8-17(22)23)18(24)21-10-13-4-3-7-20-9-13/h1-7,9,15H,8,10-12H2,(H,21,24)/t15-/m1/s1. The van der Waals surface area contributed by atoms with Crippen LogP contribution in [0.4, 0.5) is 4.39 Å². The van der Waals surface area contributed by atoms with E-state index < -0.39 is 5.92 Å². The summed E-state index contributed by atoms with van der Waals surface area (Å²) in [5.41, 5.74) is 1.36. The van der Waals surface area contributed by atoms with Crippen LogP contribution < -0.4 is 5.32 Å². The molecule has 1 saturated heterocycles. The van der Waals surface area contributed by atoms with Gasteiger partial charge in [0, 0.05) is 44.0 Å². The number of aromatic nitrogens is 1. The number of nitrogens with one attached hydrogen (secondary N) is 1. The van der Waals surface area contributed by atoms with E-state index in [1.165, 1.54) is 11.0 Å². The van der Waals surface area contributed by atoms with Crippen molar-refractivity contribution in [2.45, 2.75) is 19.5 Å². The molecule has 3 rings (SSSR count).